The number of hydrogen-bond donors (Lipinski definition) is 2. The van der Waals surface area contributed by atoms with Crippen molar-refractivity contribution in [3.8, 4) is 11.1 Å². The number of nitrogens with one attached hydrogen (secondary N) is 2. The Morgan fingerprint density at radius 3 is 2.41 bits per heavy atom. The lowest BCUT2D eigenvalue weighted by atomic mass is 9.95. The molecule has 2 aliphatic rings. The van der Waals surface area contributed by atoms with Gasteiger partial charge in [0, 0.05) is 61.9 Å². The first-order valence-electron chi connectivity index (χ1n) is 15.4. The van der Waals surface area contributed by atoms with Gasteiger partial charge in [-0.05, 0) is 93.1 Å². The molecule has 2 aliphatic heterocycles. The Morgan fingerprint density at radius 2 is 1.75 bits per heavy atom. The predicted octanol–water partition coefficient (Wildman–Crippen LogP) is 4.13. The van der Waals surface area contributed by atoms with Crippen molar-refractivity contribution in [1.82, 2.24) is 19.4 Å². The summed E-state index contributed by atoms with van der Waals surface area (Å²) in [4.78, 5) is 44.9. The lowest BCUT2D eigenvalue weighted by molar-refractivity contribution is -0.0231. The molecule has 10 nitrogen and oxygen atoms in total. The molecule has 1 amide bonds. The zero-order valence-corrected chi connectivity index (χ0v) is 26.2. The summed E-state index contributed by atoms with van der Waals surface area (Å²) in [6.45, 7) is 11.3. The van der Waals surface area contributed by atoms with Crippen molar-refractivity contribution in [1.29, 1.82) is 0 Å². The van der Waals surface area contributed by atoms with Crippen LogP contribution in [0.4, 0.5) is 5.69 Å². The second kappa shape index (κ2) is 12.1. The maximum atomic E-state index is 13.9. The van der Waals surface area contributed by atoms with Crippen LogP contribution in [0, 0.1) is 20.8 Å². The minimum Gasteiger partial charge on any atom is -0.381 e. The average Bonchev–Trinajstić information content (AvgIpc) is 3.22. The number of carbonyl (C=O) groups excluding carboxylic acids is 1. The molecule has 232 valence electrons. The number of amides is 1. The van der Waals surface area contributed by atoms with Gasteiger partial charge < -0.3 is 24.7 Å². The fourth-order valence-electron chi connectivity index (χ4n) is 6.66. The molecule has 4 heterocycles. The number of anilines is 1. The van der Waals surface area contributed by atoms with E-state index in [-0.39, 0.29) is 29.7 Å². The van der Waals surface area contributed by atoms with E-state index in [2.05, 4.69) is 28.2 Å². The molecule has 2 saturated heterocycles. The number of H-pyrrole nitrogens is 1. The molecule has 0 radical (unpaired) electrons. The summed E-state index contributed by atoms with van der Waals surface area (Å²) in [6, 6.07) is 12.4. The van der Waals surface area contributed by atoms with Crippen LogP contribution in [0.2, 0.25) is 0 Å². The van der Waals surface area contributed by atoms with Crippen molar-refractivity contribution in [2.45, 2.75) is 59.2 Å². The largest absolute Gasteiger partial charge is 0.381 e. The molecule has 0 unspecified atom stereocenters. The quantitative estimate of drug-likeness (QED) is 0.315. The average molecular weight is 600 g/mol. The third-order valence-corrected chi connectivity index (χ3v) is 9.23. The van der Waals surface area contributed by atoms with Gasteiger partial charge in [0.05, 0.1) is 30.3 Å². The number of ether oxygens (including phenoxy) is 2. The molecule has 0 spiro atoms. The monoisotopic (exact) mass is 599 g/mol. The number of carbonyl (C=O) groups is 1. The lowest BCUT2D eigenvalue weighted by Crippen LogP contribution is -2.40. The molecule has 6 rings (SSSR count). The second-order valence-electron chi connectivity index (χ2n) is 12.0. The Morgan fingerprint density at radius 1 is 1.00 bits per heavy atom. The molecule has 2 aromatic heterocycles. The summed E-state index contributed by atoms with van der Waals surface area (Å²) in [5, 5.41) is 3.02. The van der Waals surface area contributed by atoms with Crippen LogP contribution < -0.4 is 21.5 Å². The summed E-state index contributed by atoms with van der Waals surface area (Å²) < 4.78 is 14.5. The number of benzene rings is 2. The molecule has 0 saturated carbocycles. The zero-order chi connectivity index (χ0) is 31.1. The minimum absolute atomic E-state index is 0.0420. The normalized spacial score (nSPS) is 15.8. The SMILES string of the molecule is CCN(c1cc(-c2ccc3c(c2)n(C)c(=O)n3C2COC2)cc(C(=O)NCc2c(C)cc(C)[nH]c2=O)c1C)C1CCOCC1. The Kier molecular flexibility index (Phi) is 8.22. The first-order chi connectivity index (χ1) is 21.2. The smallest absolute Gasteiger partial charge is 0.329 e. The van der Waals surface area contributed by atoms with E-state index in [4.69, 9.17) is 9.47 Å². The van der Waals surface area contributed by atoms with Gasteiger partial charge in [-0.2, -0.15) is 0 Å². The van der Waals surface area contributed by atoms with Gasteiger partial charge in [0.25, 0.3) is 11.5 Å². The van der Waals surface area contributed by atoms with Gasteiger partial charge in [0.1, 0.15) is 0 Å². The van der Waals surface area contributed by atoms with Crippen LogP contribution in [0.1, 0.15) is 58.5 Å². The number of aryl methyl sites for hydroxylation is 3. The number of aromatic nitrogens is 3. The van der Waals surface area contributed by atoms with Crippen LogP contribution in [0.5, 0.6) is 0 Å². The standard InChI is InChI=1S/C34H41N5O5/c1-6-38(25-9-11-43-12-10-25)30-16-24(23-7-8-29-31(15-23)37(5)34(42)39(29)26-18-44-19-26)14-27(22(30)4)32(40)35-17-28-20(2)13-21(3)36-33(28)41/h7-8,13-16,25-26H,6,9-12,17-19H2,1-5H3,(H,35,40)(H,36,41). The van der Waals surface area contributed by atoms with Crippen LogP contribution in [0.25, 0.3) is 22.2 Å². The summed E-state index contributed by atoms with van der Waals surface area (Å²) in [5.41, 5.74) is 7.88. The minimum atomic E-state index is -0.238. The summed E-state index contributed by atoms with van der Waals surface area (Å²) in [5.74, 6) is -0.238. The third-order valence-electron chi connectivity index (χ3n) is 9.23. The molecule has 2 fully saturated rings. The van der Waals surface area contributed by atoms with Crippen molar-refractivity contribution in [2.24, 2.45) is 7.05 Å². The molecular formula is C34H41N5O5. The van der Waals surface area contributed by atoms with E-state index in [0.29, 0.717) is 43.6 Å². The van der Waals surface area contributed by atoms with Gasteiger partial charge in [-0.3, -0.25) is 18.7 Å². The Labute approximate surface area is 256 Å². The van der Waals surface area contributed by atoms with Crippen LogP contribution in [-0.2, 0) is 23.1 Å². The zero-order valence-electron chi connectivity index (χ0n) is 26.2. The van der Waals surface area contributed by atoms with Crippen LogP contribution in [0.15, 0.2) is 46.0 Å². The summed E-state index contributed by atoms with van der Waals surface area (Å²) in [6.07, 6.45) is 1.84. The fraction of sp³-hybridized carbons (Fsp3) is 0.441. The highest BCUT2D eigenvalue weighted by molar-refractivity contribution is 5.99. The highest BCUT2D eigenvalue weighted by Gasteiger charge is 2.27. The molecule has 0 aliphatic carbocycles. The van der Waals surface area contributed by atoms with Gasteiger partial charge in [0.15, 0.2) is 0 Å². The lowest BCUT2D eigenvalue weighted by Gasteiger charge is -2.37. The maximum absolute atomic E-state index is 13.9. The highest BCUT2D eigenvalue weighted by Crippen LogP contribution is 2.35. The number of pyridine rings is 1. The van der Waals surface area contributed by atoms with E-state index in [9.17, 15) is 14.4 Å². The van der Waals surface area contributed by atoms with Crippen molar-refractivity contribution in [2.75, 3.05) is 37.9 Å². The maximum Gasteiger partial charge on any atom is 0.329 e. The van der Waals surface area contributed by atoms with Crippen LogP contribution >= 0.6 is 0 Å². The van der Waals surface area contributed by atoms with Crippen molar-refractivity contribution in [3.05, 3.63) is 85.2 Å². The number of nitrogens with zero attached hydrogens (tertiary/aromatic N) is 3. The number of aromatic amines is 1. The summed E-state index contributed by atoms with van der Waals surface area (Å²) in [7, 11) is 1.79. The van der Waals surface area contributed by atoms with Gasteiger partial charge in [-0.25, -0.2) is 4.79 Å². The van der Waals surface area contributed by atoms with E-state index in [1.54, 1.807) is 11.6 Å². The van der Waals surface area contributed by atoms with Crippen LogP contribution in [-0.4, -0.2) is 59.0 Å². The molecule has 2 N–H and O–H groups in total. The van der Waals surface area contributed by atoms with Crippen molar-refractivity contribution in [3.63, 3.8) is 0 Å². The molecule has 0 atom stereocenters. The molecule has 4 aromatic rings. The number of imidazole rings is 1. The molecule has 44 heavy (non-hydrogen) atoms. The number of hydrogen-bond acceptors (Lipinski definition) is 6. The Hall–Kier alpha value is -4.15. The van der Waals surface area contributed by atoms with Gasteiger partial charge in [0.2, 0.25) is 0 Å². The predicted molar refractivity (Wildman–Crippen MR) is 172 cm³/mol. The van der Waals surface area contributed by atoms with E-state index < -0.39 is 0 Å². The fourth-order valence-corrected chi connectivity index (χ4v) is 6.66. The van der Waals surface area contributed by atoms with Crippen molar-refractivity contribution >= 4 is 22.6 Å². The topological polar surface area (TPSA) is 111 Å². The van der Waals surface area contributed by atoms with E-state index in [1.165, 1.54) is 0 Å². The van der Waals surface area contributed by atoms with Gasteiger partial charge >= 0.3 is 5.69 Å². The first-order valence-corrected chi connectivity index (χ1v) is 15.4. The highest BCUT2D eigenvalue weighted by atomic mass is 16.5. The summed E-state index contributed by atoms with van der Waals surface area (Å²) >= 11 is 0. The molecule has 10 heteroatoms. The molecular weight excluding hydrogens is 558 g/mol. The first kappa shape index (κ1) is 29.9. The van der Waals surface area contributed by atoms with E-state index in [0.717, 1.165) is 64.1 Å². The second-order valence-corrected chi connectivity index (χ2v) is 12.0. The van der Waals surface area contributed by atoms with Gasteiger partial charge in [-0.15, -0.1) is 0 Å². The molecule has 0 bridgehead atoms. The molecule has 2 aromatic carbocycles. The number of rotatable bonds is 8. The number of fused-ring (bicyclic) bond motifs is 1. The third kappa shape index (κ3) is 5.37. The van der Waals surface area contributed by atoms with E-state index in [1.807, 2.05) is 55.7 Å². The van der Waals surface area contributed by atoms with Crippen molar-refractivity contribution < 1.29 is 14.3 Å². The Bertz CT molecular complexity index is 1840. The Balaban J connectivity index is 1.43. The van der Waals surface area contributed by atoms with E-state index >= 15 is 0 Å². The van der Waals surface area contributed by atoms with Crippen LogP contribution in [0.3, 0.4) is 0 Å². The van der Waals surface area contributed by atoms with Gasteiger partial charge in [-0.1, -0.05) is 6.07 Å².